The van der Waals surface area contributed by atoms with Gasteiger partial charge in [-0.15, -0.1) is 0 Å². The maximum absolute atomic E-state index is 12.0. The highest BCUT2D eigenvalue weighted by atomic mass is 79.9. The van der Waals surface area contributed by atoms with E-state index in [4.69, 9.17) is 5.11 Å². The van der Waals surface area contributed by atoms with E-state index < -0.39 is 10.8 Å². The molecule has 0 radical (unpaired) electrons. The zero-order valence-corrected chi connectivity index (χ0v) is 10.3. The standard InChI is InChI=1S/C11H9BrN2O3/c12-8(3-10(15)16)11(17)7-5-14-9-1-2-13-4-6(7)9/h1-2,4-5,8,14H,3H2,(H,15,16). The molecule has 2 aromatic heterocycles. The molecule has 0 fully saturated rings. The van der Waals surface area contributed by atoms with E-state index in [-0.39, 0.29) is 12.2 Å². The van der Waals surface area contributed by atoms with Crippen LogP contribution >= 0.6 is 15.9 Å². The van der Waals surface area contributed by atoms with Gasteiger partial charge in [0.15, 0.2) is 5.78 Å². The number of aromatic amines is 1. The molecular formula is C11H9BrN2O3. The van der Waals surface area contributed by atoms with Crippen LogP contribution in [0.5, 0.6) is 0 Å². The number of carbonyl (C=O) groups excluding carboxylic acids is 1. The fourth-order valence-corrected chi connectivity index (χ4v) is 2.10. The molecule has 88 valence electrons. The number of rotatable bonds is 4. The Hall–Kier alpha value is -1.69. The molecule has 0 aliphatic heterocycles. The van der Waals surface area contributed by atoms with Gasteiger partial charge in [0.05, 0.1) is 11.2 Å². The Labute approximate surface area is 105 Å². The molecule has 2 N–H and O–H groups in total. The highest BCUT2D eigenvalue weighted by molar-refractivity contribution is 9.10. The topological polar surface area (TPSA) is 83.0 Å². The van der Waals surface area contributed by atoms with Gasteiger partial charge in [-0.25, -0.2) is 0 Å². The normalized spacial score (nSPS) is 12.5. The van der Waals surface area contributed by atoms with Gasteiger partial charge in [0.1, 0.15) is 0 Å². The van der Waals surface area contributed by atoms with E-state index in [1.807, 2.05) is 0 Å². The first-order chi connectivity index (χ1) is 8.09. The van der Waals surface area contributed by atoms with Gasteiger partial charge < -0.3 is 10.1 Å². The van der Waals surface area contributed by atoms with Crippen molar-refractivity contribution in [2.45, 2.75) is 11.2 Å². The molecule has 17 heavy (non-hydrogen) atoms. The summed E-state index contributed by atoms with van der Waals surface area (Å²) >= 11 is 3.09. The average molecular weight is 297 g/mol. The fourth-order valence-electron chi connectivity index (χ4n) is 1.58. The molecular weight excluding hydrogens is 288 g/mol. The molecule has 5 nitrogen and oxygen atoms in total. The number of carboxylic acid groups (broad SMARTS) is 1. The van der Waals surface area contributed by atoms with E-state index in [9.17, 15) is 9.59 Å². The monoisotopic (exact) mass is 296 g/mol. The summed E-state index contributed by atoms with van der Waals surface area (Å²) in [5, 5.41) is 9.34. The van der Waals surface area contributed by atoms with E-state index in [2.05, 4.69) is 25.9 Å². The molecule has 0 amide bonds. The maximum Gasteiger partial charge on any atom is 0.304 e. The van der Waals surface area contributed by atoms with Gasteiger partial charge >= 0.3 is 5.97 Å². The number of H-pyrrole nitrogens is 1. The molecule has 0 saturated carbocycles. The van der Waals surface area contributed by atoms with Crippen molar-refractivity contribution in [1.29, 1.82) is 0 Å². The number of carboxylic acids is 1. The van der Waals surface area contributed by atoms with Crippen molar-refractivity contribution in [3.05, 3.63) is 30.2 Å². The summed E-state index contributed by atoms with van der Waals surface area (Å²) in [4.78, 5) is 28.7. The molecule has 6 heteroatoms. The molecule has 0 aliphatic rings. The molecule has 0 aromatic carbocycles. The summed E-state index contributed by atoms with van der Waals surface area (Å²) in [5.41, 5.74) is 1.26. The number of halogens is 1. The summed E-state index contributed by atoms with van der Waals surface area (Å²) < 4.78 is 0. The number of nitrogens with one attached hydrogen (secondary N) is 1. The molecule has 1 atom stereocenters. The number of Topliss-reactive ketones (excluding diaryl/α,β-unsaturated/α-hetero) is 1. The number of ketones is 1. The van der Waals surface area contributed by atoms with Crippen molar-refractivity contribution < 1.29 is 14.7 Å². The van der Waals surface area contributed by atoms with Crippen LogP contribution in [0.25, 0.3) is 10.9 Å². The van der Waals surface area contributed by atoms with Gasteiger partial charge in [0, 0.05) is 35.1 Å². The lowest BCUT2D eigenvalue weighted by atomic mass is 10.1. The van der Waals surface area contributed by atoms with Gasteiger partial charge in [-0.1, -0.05) is 15.9 Å². The zero-order valence-electron chi connectivity index (χ0n) is 8.68. The molecule has 0 spiro atoms. The summed E-state index contributed by atoms with van der Waals surface area (Å²) in [5.74, 6) is -1.27. The number of hydrogen-bond donors (Lipinski definition) is 2. The number of aliphatic carboxylic acids is 1. The lowest BCUT2D eigenvalue weighted by Crippen LogP contribution is -2.17. The van der Waals surface area contributed by atoms with Crippen LogP contribution < -0.4 is 0 Å². The molecule has 0 aliphatic carbocycles. The lowest BCUT2D eigenvalue weighted by Gasteiger charge is -2.04. The second-order valence-electron chi connectivity index (χ2n) is 3.55. The number of fused-ring (bicyclic) bond motifs is 1. The van der Waals surface area contributed by atoms with Crippen LogP contribution in [0.1, 0.15) is 16.8 Å². The minimum atomic E-state index is -1.02. The Morgan fingerprint density at radius 3 is 3.00 bits per heavy atom. The van der Waals surface area contributed by atoms with Crippen LogP contribution in [0, 0.1) is 0 Å². The molecule has 0 bridgehead atoms. The molecule has 0 saturated heterocycles. The number of alkyl halides is 1. The first kappa shape index (κ1) is 11.8. The highest BCUT2D eigenvalue weighted by Gasteiger charge is 2.22. The van der Waals surface area contributed by atoms with E-state index in [0.717, 1.165) is 5.52 Å². The van der Waals surface area contributed by atoms with E-state index in [1.165, 1.54) is 0 Å². The summed E-state index contributed by atoms with van der Waals surface area (Å²) in [6.45, 7) is 0. The van der Waals surface area contributed by atoms with Gasteiger partial charge in [-0.2, -0.15) is 0 Å². The number of aromatic nitrogens is 2. The van der Waals surface area contributed by atoms with Crippen molar-refractivity contribution in [1.82, 2.24) is 9.97 Å². The smallest absolute Gasteiger partial charge is 0.304 e. The minimum absolute atomic E-state index is 0.244. The van der Waals surface area contributed by atoms with E-state index in [1.54, 1.807) is 24.7 Å². The Balaban J connectivity index is 2.33. The maximum atomic E-state index is 12.0. The third kappa shape index (κ3) is 2.36. The quantitative estimate of drug-likeness (QED) is 0.667. The Kier molecular flexibility index (Phi) is 3.23. The summed E-state index contributed by atoms with van der Waals surface area (Å²) in [7, 11) is 0. The van der Waals surface area contributed by atoms with Crippen LogP contribution in [-0.4, -0.2) is 31.7 Å². The predicted molar refractivity (Wildman–Crippen MR) is 65.4 cm³/mol. The highest BCUT2D eigenvalue weighted by Crippen LogP contribution is 2.21. The largest absolute Gasteiger partial charge is 0.481 e. The van der Waals surface area contributed by atoms with Crippen molar-refractivity contribution in [2.24, 2.45) is 0 Å². The van der Waals surface area contributed by atoms with Gasteiger partial charge in [0.25, 0.3) is 0 Å². The third-order valence-electron chi connectivity index (χ3n) is 2.39. The van der Waals surface area contributed by atoms with Gasteiger partial charge in [-0.3, -0.25) is 14.6 Å². The second kappa shape index (κ2) is 4.67. The predicted octanol–water partition coefficient (Wildman–Crippen LogP) is 1.98. The Morgan fingerprint density at radius 1 is 1.53 bits per heavy atom. The van der Waals surface area contributed by atoms with Crippen LogP contribution in [0.3, 0.4) is 0 Å². The van der Waals surface area contributed by atoms with Gasteiger partial charge in [0.2, 0.25) is 0 Å². The van der Waals surface area contributed by atoms with Crippen LogP contribution in [-0.2, 0) is 4.79 Å². The van der Waals surface area contributed by atoms with E-state index in [0.29, 0.717) is 10.9 Å². The van der Waals surface area contributed by atoms with Crippen molar-refractivity contribution in [3.63, 3.8) is 0 Å². The first-order valence-corrected chi connectivity index (χ1v) is 5.82. The zero-order chi connectivity index (χ0) is 12.4. The third-order valence-corrected chi connectivity index (χ3v) is 3.13. The molecule has 2 rings (SSSR count). The SMILES string of the molecule is O=C(O)CC(Br)C(=O)c1c[nH]c2ccncc12. The van der Waals surface area contributed by atoms with E-state index >= 15 is 0 Å². The second-order valence-corrected chi connectivity index (χ2v) is 4.66. The number of hydrogen-bond acceptors (Lipinski definition) is 3. The fraction of sp³-hybridized carbons (Fsp3) is 0.182. The van der Waals surface area contributed by atoms with Crippen molar-refractivity contribution in [3.8, 4) is 0 Å². The van der Waals surface area contributed by atoms with Crippen molar-refractivity contribution >= 4 is 38.6 Å². The van der Waals surface area contributed by atoms with Crippen LogP contribution in [0.4, 0.5) is 0 Å². The molecule has 2 aromatic rings. The van der Waals surface area contributed by atoms with Gasteiger partial charge in [-0.05, 0) is 6.07 Å². The number of pyridine rings is 1. The molecule has 2 heterocycles. The Morgan fingerprint density at radius 2 is 2.29 bits per heavy atom. The number of nitrogens with zero attached hydrogens (tertiary/aromatic N) is 1. The molecule has 1 unspecified atom stereocenters. The summed E-state index contributed by atoms with van der Waals surface area (Å²) in [6.07, 6.45) is 4.53. The average Bonchev–Trinajstić information content (AvgIpc) is 2.70. The van der Waals surface area contributed by atoms with Crippen LogP contribution in [0.15, 0.2) is 24.7 Å². The number of carbonyl (C=O) groups is 2. The summed E-state index contributed by atoms with van der Waals surface area (Å²) in [6, 6.07) is 1.76. The Bertz CT molecular complexity index is 579. The van der Waals surface area contributed by atoms with Crippen molar-refractivity contribution in [2.75, 3.05) is 0 Å². The van der Waals surface area contributed by atoms with Crippen LogP contribution in [0.2, 0.25) is 0 Å². The lowest BCUT2D eigenvalue weighted by molar-refractivity contribution is -0.136. The first-order valence-electron chi connectivity index (χ1n) is 4.90. The minimum Gasteiger partial charge on any atom is -0.481 e.